The van der Waals surface area contributed by atoms with Gasteiger partial charge in [-0.05, 0) is 13.0 Å². The summed E-state index contributed by atoms with van der Waals surface area (Å²) in [6.07, 6.45) is -0.324. The molecule has 1 aliphatic heterocycles. The number of piperidine rings is 1. The monoisotopic (exact) mass is 147 g/mol. The van der Waals surface area contributed by atoms with E-state index in [-0.39, 0.29) is 6.61 Å². The minimum atomic E-state index is -0.848. The van der Waals surface area contributed by atoms with Crippen molar-refractivity contribution in [1.29, 1.82) is 0 Å². The van der Waals surface area contributed by atoms with Gasteiger partial charge in [-0.3, -0.25) is 0 Å². The van der Waals surface area contributed by atoms with Crippen LogP contribution in [0.1, 0.15) is 13.3 Å². The average Bonchev–Trinajstić information content (AvgIpc) is 1.96. The molecule has 1 rings (SSSR count). The molecule has 2 nitrogen and oxygen atoms in total. The predicted octanol–water partition coefficient (Wildman–Crippen LogP) is 0.316. The van der Waals surface area contributed by atoms with E-state index in [4.69, 9.17) is 5.11 Å². The maximum absolute atomic E-state index is 13.0. The van der Waals surface area contributed by atoms with Crippen LogP contribution in [0.5, 0.6) is 0 Å². The van der Waals surface area contributed by atoms with Crippen LogP contribution in [0.3, 0.4) is 0 Å². The molecule has 3 heteroatoms. The molecule has 0 amide bonds. The highest BCUT2D eigenvalue weighted by molar-refractivity contribution is 4.88. The molecule has 1 saturated heterocycles. The molecular formula is C7H14FNO. The van der Waals surface area contributed by atoms with Crippen molar-refractivity contribution < 1.29 is 9.50 Å². The van der Waals surface area contributed by atoms with E-state index in [0.29, 0.717) is 13.0 Å². The Hall–Kier alpha value is -0.150. The quantitative estimate of drug-likeness (QED) is 0.559. The molecule has 2 atom stereocenters. The second kappa shape index (κ2) is 2.84. The number of nitrogens with one attached hydrogen (secondary N) is 1. The van der Waals surface area contributed by atoms with E-state index in [1.165, 1.54) is 0 Å². The van der Waals surface area contributed by atoms with Gasteiger partial charge in [0.25, 0.3) is 0 Å². The molecule has 0 bridgehead atoms. The van der Waals surface area contributed by atoms with E-state index in [2.05, 4.69) is 5.32 Å². The van der Waals surface area contributed by atoms with Gasteiger partial charge in [-0.1, -0.05) is 6.92 Å². The molecule has 2 N–H and O–H groups in total. The number of halogens is 1. The third-order valence-electron chi connectivity index (χ3n) is 2.22. The van der Waals surface area contributed by atoms with Crippen LogP contribution >= 0.6 is 0 Å². The summed E-state index contributed by atoms with van der Waals surface area (Å²) >= 11 is 0. The Bertz CT molecular complexity index is 120. The number of hydrogen-bond donors (Lipinski definition) is 2. The highest BCUT2D eigenvalue weighted by Crippen LogP contribution is 2.27. The van der Waals surface area contributed by atoms with E-state index in [0.717, 1.165) is 6.54 Å². The second-order valence-electron chi connectivity index (χ2n) is 3.25. The van der Waals surface area contributed by atoms with Gasteiger partial charge in [0.1, 0.15) is 6.17 Å². The first-order valence-electron chi connectivity index (χ1n) is 3.65. The Kier molecular flexibility index (Phi) is 2.26. The topological polar surface area (TPSA) is 32.3 Å². The van der Waals surface area contributed by atoms with E-state index >= 15 is 0 Å². The lowest BCUT2D eigenvalue weighted by atomic mass is 9.82. The Morgan fingerprint density at radius 3 is 2.90 bits per heavy atom. The molecule has 1 fully saturated rings. The Labute approximate surface area is 60.4 Å². The normalized spacial score (nSPS) is 41.7. The van der Waals surface area contributed by atoms with Gasteiger partial charge >= 0.3 is 0 Å². The smallest absolute Gasteiger partial charge is 0.110 e. The molecule has 0 aromatic heterocycles. The average molecular weight is 147 g/mol. The zero-order valence-electron chi connectivity index (χ0n) is 6.23. The van der Waals surface area contributed by atoms with Gasteiger partial charge in [0.15, 0.2) is 0 Å². The molecule has 0 radical (unpaired) electrons. The van der Waals surface area contributed by atoms with E-state index in [1.54, 1.807) is 6.92 Å². The molecular weight excluding hydrogens is 133 g/mol. The fraction of sp³-hybridized carbons (Fsp3) is 1.00. The highest BCUT2D eigenvalue weighted by atomic mass is 19.1. The van der Waals surface area contributed by atoms with Crippen LogP contribution in [0.25, 0.3) is 0 Å². The molecule has 10 heavy (non-hydrogen) atoms. The Morgan fingerprint density at radius 2 is 2.50 bits per heavy atom. The SMILES string of the molecule is CC1(CO)CNCCC1F. The fourth-order valence-corrected chi connectivity index (χ4v) is 1.22. The molecule has 0 saturated carbocycles. The Morgan fingerprint density at radius 1 is 1.80 bits per heavy atom. The van der Waals surface area contributed by atoms with Gasteiger partial charge in [-0.2, -0.15) is 0 Å². The van der Waals surface area contributed by atoms with Gasteiger partial charge in [0.2, 0.25) is 0 Å². The maximum atomic E-state index is 13.0. The van der Waals surface area contributed by atoms with Crippen molar-refractivity contribution in [1.82, 2.24) is 5.32 Å². The van der Waals surface area contributed by atoms with E-state index < -0.39 is 11.6 Å². The summed E-state index contributed by atoms with van der Waals surface area (Å²) < 4.78 is 13.0. The van der Waals surface area contributed by atoms with Crippen LogP contribution in [0.4, 0.5) is 4.39 Å². The minimum Gasteiger partial charge on any atom is -0.396 e. The summed E-state index contributed by atoms with van der Waals surface area (Å²) in [7, 11) is 0. The van der Waals surface area contributed by atoms with Crippen LogP contribution in [0, 0.1) is 5.41 Å². The molecule has 0 aromatic rings. The van der Waals surface area contributed by atoms with Crippen LogP contribution < -0.4 is 5.32 Å². The van der Waals surface area contributed by atoms with Crippen LogP contribution in [-0.2, 0) is 0 Å². The van der Waals surface area contributed by atoms with Crippen molar-refractivity contribution in [3.63, 3.8) is 0 Å². The first-order chi connectivity index (χ1) is 4.69. The molecule has 2 unspecified atom stereocenters. The van der Waals surface area contributed by atoms with Crippen LogP contribution in [0.2, 0.25) is 0 Å². The summed E-state index contributed by atoms with van der Waals surface area (Å²) in [4.78, 5) is 0. The molecule has 0 aromatic carbocycles. The number of alkyl halides is 1. The molecule has 0 spiro atoms. The van der Waals surface area contributed by atoms with Gasteiger partial charge < -0.3 is 10.4 Å². The third kappa shape index (κ3) is 1.30. The van der Waals surface area contributed by atoms with Crippen LogP contribution in [-0.4, -0.2) is 31.0 Å². The fourth-order valence-electron chi connectivity index (χ4n) is 1.22. The van der Waals surface area contributed by atoms with E-state index in [9.17, 15) is 4.39 Å². The first-order valence-corrected chi connectivity index (χ1v) is 3.65. The van der Waals surface area contributed by atoms with Crippen molar-refractivity contribution in [2.45, 2.75) is 19.5 Å². The number of rotatable bonds is 1. The predicted molar refractivity (Wildman–Crippen MR) is 37.6 cm³/mol. The number of aliphatic hydroxyl groups excluding tert-OH is 1. The standard InChI is InChI=1S/C7H14FNO/c1-7(5-10)4-9-3-2-6(7)8/h6,9-10H,2-5H2,1H3. The van der Waals surface area contributed by atoms with Gasteiger partial charge in [0.05, 0.1) is 6.61 Å². The van der Waals surface area contributed by atoms with Gasteiger partial charge in [0, 0.05) is 12.0 Å². The lowest BCUT2D eigenvalue weighted by Crippen LogP contribution is -2.48. The highest BCUT2D eigenvalue weighted by Gasteiger charge is 2.35. The summed E-state index contributed by atoms with van der Waals surface area (Å²) in [5.74, 6) is 0. The van der Waals surface area contributed by atoms with Crippen molar-refractivity contribution >= 4 is 0 Å². The summed E-state index contributed by atoms with van der Waals surface area (Å²) in [6, 6.07) is 0. The molecule has 0 aliphatic carbocycles. The van der Waals surface area contributed by atoms with E-state index in [1.807, 2.05) is 0 Å². The zero-order chi connectivity index (χ0) is 7.61. The van der Waals surface area contributed by atoms with Crippen LogP contribution in [0.15, 0.2) is 0 Å². The Balaban J connectivity index is 2.54. The number of aliphatic hydroxyl groups is 1. The molecule has 1 aliphatic rings. The largest absolute Gasteiger partial charge is 0.396 e. The van der Waals surface area contributed by atoms with Crippen molar-refractivity contribution in [3.8, 4) is 0 Å². The zero-order valence-corrected chi connectivity index (χ0v) is 6.23. The first kappa shape index (κ1) is 7.95. The van der Waals surface area contributed by atoms with Gasteiger partial charge in [-0.15, -0.1) is 0 Å². The molecule has 1 heterocycles. The van der Waals surface area contributed by atoms with Crippen molar-refractivity contribution in [3.05, 3.63) is 0 Å². The van der Waals surface area contributed by atoms with Crippen molar-refractivity contribution in [2.75, 3.05) is 19.7 Å². The van der Waals surface area contributed by atoms with Gasteiger partial charge in [-0.25, -0.2) is 4.39 Å². The lowest BCUT2D eigenvalue weighted by molar-refractivity contribution is 0.0283. The maximum Gasteiger partial charge on any atom is 0.110 e. The summed E-state index contributed by atoms with van der Waals surface area (Å²) in [5, 5.41) is 11.9. The summed E-state index contributed by atoms with van der Waals surface area (Å²) in [5.41, 5.74) is -0.543. The van der Waals surface area contributed by atoms with Crippen molar-refractivity contribution in [2.24, 2.45) is 5.41 Å². The minimum absolute atomic E-state index is 0.0683. The third-order valence-corrected chi connectivity index (χ3v) is 2.22. The summed E-state index contributed by atoms with van der Waals surface area (Å²) in [6.45, 7) is 3.02. The number of hydrogen-bond acceptors (Lipinski definition) is 2. The second-order valence-corrected chi connectivity index (χ2v) is 3.25. The molecule has 60 valence electrons. The lowest BCUT2D eigenvalue weighted by Gasteiger charge is -2.35.